The van der Waals surface area contributed by atoms with E-state index < -0.39 is 0 Å². The third-order valence-corrected chi connectivity index (χ3v) is 3.36. The van der Waals surface area contributed by atoms with Crippen molar-refractivity contribution in [1.29, 1.82) is 0 Å². The molecule has 0 spiro atoms. The van der Waals surface area contributed by atoms with Crippen LogP contribution in [0.1, 0.15) is 36.9 Å². The van der Waals surface area contributed by atoms with Gasteiger partial charge in [-0.3, -0.25) is 0 Å². The highest BCUT2D eigenvalue weighted by molar-refractivity contribution is 5.47. The van der Waals surface area contributed by atoms with Crippen molar-refractivity contribution >= 4 is 5.69 Å². The summed E-state index contributed by atoms with van der Waals surface area (Å²) < 4.78 is 0. The summed E-state index contributed by atoms with van der Waals surface area (Å²) in [6.45, 7) is 4.99. The Morgan fingerprint density at radius 2 is 1.53 bits per heavy atom. The minimum atomic E-state index is 0.158. The molecule has 2 aromatic rings. The van der Waals surface area contributed by atoms with Gasteiger partial charge in [-0.25, -0.2) is 0 Å². The molecule has 0 aliphatic heterocycles. The molecule has 0 radical (unpaired) electrons. The SMILES string of the molecule is CC(C)c1ccc(NC(CN)c2ccccc2)cc1. The topological polar surface area (TPSA) is 38.0 Å². The van der Waals surface area contributed by atoms with Gasteiger partial charge >= 0.3 is 0 Å². The summed E-state index contributed by atoms with van der Waals surface area (Å²) in [4.78, 5) is 0. The second-order valence-electron chi connectivity index (χ2n) is 5.12. The molecule has 0 amide bonds. The summed E-state index contributed by atoms with van der Waals surface area (Å²) >= 11 is 0. The van der Waals surface area contributed by atoms with E-state index in [4.69, 9.17) is 5.73 Å². The van der Waals surface area contributed by atoms with Crippen LogP contribution in [0.5, 0.6) is 0 Å². The molecule has 2 heteroatoms. The van der Waals surface area contributed by atoms with E-state index in [1.165, 1.54) is 11.1 Å². The molecule has 0 saturated carbocycles. The maximum Gasteiger partial charge on any atom is 0.0636 e. The molecule has 1 atom stereocenters. The highest BCUT2D eigenvalue weighted by Crippen LogP contribution is 2.21. The Kier molecular flexibility index (Phi) is 4.58. The fourth-order valence-corrected chi connectivity index (χ4v) is 2.13. The van der Waals surface area contributed by atoms with E-state index in [9.17, 15) is 0 Å². The molecule has 0 aromatic heterocycles. The normalized spacial score (nSPS) is 12.4. The van der Waals surface area contributed by atoms with Gasteiger partial charge in [0.25, 0.3) is 0 Å². The summed E-state index contributed by atoms with van der Waals surface area (Å²) in [5.74, 6) is 0.563. The summed E-state index contributed by atoms with van der Waals surface area (Å²) in [7, 11) is 0. The number of hydrogen-bond donors (Lipinski definition) is 2. The highest BCUT2D eigenvalue weighted by Gasteiger charge is 2.08. The summed E-state index contributed by atoms with van der Waals surface area (Å²) in [6.07, 6.45) is 0. The zero-order valence-electron chi connectivity index (χ0n) is 11.6. The Morgan fingerprint density at radius 3 is 2.05 bits per heavy atom. The van der Waals surface area contributed by atoms with Crippen LogP contribution in [0.4, 0.5) is 5.69 Å². The lowest BCUT2D eigenvalue weighted by Gasteiger charge is -2.19. The van der Waals surface area contributed by atoms with E-state index >= 15 is 0 Å². The molecule has 2 aromatic carbocycles. The minimum absolute atomic E-state index is 0.158. The zero-order chi connectivity index (χ0) is 13.7. The molecule has 1 unspecified atom stereocenters. The Bertz CT molecular complexity index is 488. The van der Waals surface area contributed by atoms with Crippen molar-refractivity contribution in [3.05, 3.63) is 65.7 Å². The van der Waals surface area contributed by atoms with Crippen molar-refractivity contribution in [3.63, 3.8) is 0 Å². The molecule has 2 nitrogen and oxygen atoms in total. The summed E-state index contributed by atoms with van der Waals surface area (Å²) in [5, 5.41) is 3.49. The first-order chi connectivity index (χ1) is 9.20. The van der Waals surface area contributed by atoms with Gasteiger partial charge in [0.15, 0.2) is 0 Å². The van der Waals surface area contributed by atoms with Gasteiger partial charge in [0.05, 0.1) is 6.04 Å². The number of benzene rings is 2. The fourth-order valence-electron chi connectivity index (χ4n) is 2.13. The molecule has 0 aliphatic rings. The van der Waals surface area contributed by atoms with Crippen molar-refractivity contribution in [1.82, 2.24) is 0 Å². The van der Waals surface area contributed by atoms with Crippen LogP contribution < -0.4 is 11.1 Å². The van der Waals surface area contributed by atoms with Crippen LogP contribution in [-0.2, 0) is 0 Å². The van der Waals surface area contributed by atoms with E-state index in [2.05, 4.69) is 55.6 Å². The zero-order valence-corrected chi connectivity index (χ0v) is 11.6. The van der Waals surface area contributed by atoms with Crippen molar-refractivity contribution in [2.75, 3.05) is 11.9 Å². The van der Waals surface area contributed by atoms with Crippen molar-refractivity contribution < 1.29 is 0 Å². The molecule has 0 fully saturated rings. The van der Waals surface area contributed by atoms with Crippen LogP contribution in [0.25, 0.3) is 0 Å². The standard InChI is InChI=1S/C17H22N2/c1-13(2)14-8-10-16(11-9-14)19-17(12-18)15-6-4-3-5-7-15/h3-11,13,17,19H,12,18H2,1-2H3. The Balaban J connectivity index is 2.10. The monoisotopic (exact) mass is 254 g/mol. The van der Waals surface area contributed by atoms with Gasteiger partial charge in [0.1, 0.15) is 0 Å². The average Bonchev–Trinajstić information content (AvgIpc) is 2.46. The molecule has 2 rings (SSSR count). The molecule has 0 bridgehead atoms. The molecule has 3 N–H and O–H groups in total. The maximum atomic E-state index is 5.87. The quantitative estimate of drug-likeness (QED) is 0.848. The van der Waals surface area contributed by atoms with Gasteiger partial charge in [-0.15, -0.1) is 0 Å². The maximum absolute atomic E-state index is 5.87. The third kappa shape index (κ3) is 3.58. The molecule has 100 valence electrons. The van der Waals surface area contributed by atoms with Crippen molar-refractivity contribution in [3.8, 4) is 0 Å². The minimum Gasteiger partial charge on any atom is -0.377 e. The van der Waals surface area contributed by atoms with Gasteiger partial charge in [0, 0.05) is 12.2 Å². The predicted molar refractivity (Wildman–Crippen MR) is 82.4 cm³/mol. The van der Waals surface area contributed by atoms with E-state index in [0.717, 1.165) is 5.69 Å². The van der Waals surface area contributed by atoms with Crippen LogP contribution in [0.3, 0.4) is 0 Å². The number of nitrogens with two attached hydrogens (primary N) is 1. The molecule has 0 saturated heterocycles. The van der Waals surface area contributed by atoms with E-state index in [-0.39, 0.29) is 6.04 Å². The van der Waals surface area contributed by atoms with Crippen LogP contribution in [0.15, 0.2) is 54.6 Å². The fraction of sp³-hybridized carbons (Fsp3) is 0.294. The molecular formula is C17H22N2. The Morgan fingerprint density at radius 1 is 0.895 bits per heavy atom. The van der Waals surface area contributed by atoms with Gasteiger partial charge < -0.3 is 11.1 Å². The number of hydrogen-bond acceptors (Lipinski definition) is 2. The first-order valence-corrected chi connectivity index (χ1v) is 6.82. The smallest absolute Gasteiger partial charge is 0.0636 e. The number of nitrogens with one attached hydrogen (secondary N) is 1. The van der Waals surface area contributed by atoms with Gasteiger partial charge in [-0.1, -0.05) is 56.3 Å². The van der Waals surface area contributed by atoms with Crippen molar-refractivity contribution in [2.45, 2.75) is 25.8 Å². The lowest BCUT2D eigenvalue weighted by atomic mass is 10.0. The van der Waals surface area contributed by atoms with E-state index in [0.29, 0.717) is 12.5 Å². The summed E-state index contributed by atoms with van der Waals surface area (Å²) in [6, 6.07) is 19.1. The first kappa shape index (κ1) is 13.6. The first-order valence-electron chi connectivity index (χ1n) is 6.82. The van der Waals surface area contributed by atoms with Gasteiger partial charge in [-0.2, -0.15) is 0 Å². The highest BCUT2D eigenvalue weighted by atomic mass is 14.9. The average molecular weight is 254 g/mol. The van der Waals surface area contributed by atoms with Crippen LogP contribution >= 0.6 is 0 Å². The van der Waals surface area contributed by atoms with Gasteiger partial charge in [-0.05, 0) is 29.2 Å². The second-order valence-corrected chi connectivity index (χ2v) is 5.12. The van der Waals surface area contributed by atoms with E-state index in [1.54, 1.807) is 0 Å². The lowest BCUT2D eigenvalue weighted by Crippen LogP contribution is -2.20. The van der Waals surface area contributed by atoms with Crippen LogP contribution in [-0.4, -0.2) is 6.54 Å². The molecule has 19 heavy (non-hydrogen) atoms. The molecular weight excluding hydrogens is 232 g/mol. The predicted octanol–water partition coefficient (Wildman–Crippen LogP) is 3.92. The Labute approximate surface area is 115 Å². The third-order valence-electron chi connectivity index (χ3n) is 3.36. The van der Waals surface area contributed by atoms with Crippen LogP contribution in [0.2, 0.25) is 0 Å². The second kappa shape index (κ2) is 6.39. The number of anilines is 1. The van der Waals surface area contributed by atoms with Crippen LogP contribution in [0, 0.1) is 0 Å². The molecule has 0 aliphatic carbocycles. The van der Waals surface area contributed by atoms with E-state index in [1.807, 2.05) is 18.2 Å². The van der Waals surface area contributed by atoms with Gasteiger partial charge in [0.2, 0.25) is 0 Å². The lowest BCUT2D eigenvalue weighted by molar-refractivity contribution is 0.789. The molecule has 0 heterocycles. The summed E-state index contributed by atoms with van der Waals surface area (Å²) in [5.41, 5.74) is 9.56. The van der Waals surface area contributed by atoms with Crippen molar-refractivity contribution in [2.24, 2.45) is 5.73 Å². The number of rotatable bonds is 5. The largest absolute Gasteiger partial charge is 0.377 e. The Hall–Kier alpha value is -1.80.